The van der Waals surface area contributed by atoms with Gasteiger partial charge in [0.25, 0.3) is 5.91 Å². The van der Waals surface area contributed by atoms with E-state index in [9.17, 15) is 4.79 Å². The standard InChI is InChI=1S/C20H28N2O3/c1-24-16-10-8-15(9-11-16)18-17-7-3-6-14-22(17)25-19(18)20(23)21-12-4-2-5-13-21/h8-11,17-19H,2-7,12-14H2,1H3/t17-,18+,19+/m0/s1. The second-order valence-electron chi connectivity index (χ2n) is 7.41. The van der Waals surface area contributed by atoms with Crippen LogP contribution in [0.4, 0.5) is 0 Å². The molecule has 3 atom stereocenters. The summed E-state index contributed by atoms with van der Waals surface area (Å²) >= 11 is 0. The average Bonchev–Trinajstić information content (AvgIpc) is 3.07. The van der Waals surface area contributed by atoms with Crippen LogP contribution in [-0.4, -0.2) is 54.8 Å². The summed E-state index contributed by atoms with van der Waals surface area (Å²) < 4.78 is 5.29. The topological polar surface area (TPSA) is 42.0 Å². The Morgan fingerprint density at radius 2 is 1.76 bits per heavy atom. The number of methoxy groups -OCH3 is 1. The molecule has 3 aliphatic rings. The van der Waals surface area contributed by atoms with Crippen molar-refractivity contribution in [2.45, 2.75) is 56.6 Å². The second-order valence-corrected chi connectivity index (χ2v) is 7.41. The van der Waals surface area contributed by atoms with Crippen molar-refractivity contribution in [1.29, 1.82) is 0 Å². The predicted molar refractivity (Wildman–Crippen MR) is 95.4 cm³/mol. The summed E-state index contributed by atoms with van der Waals surface area (Å²) in [6.45, 7) is 2.68. The third-order valence-corrected chi connectivity index (χ3v) is 5.90. The number of hydrogen-bond acceptors (Lipinski definition) is 4. The Kier molecular flexibility index (Phi) is 4.95. The maximum absolute atomic E-state index is 13.2. The van der Waals surface area contributed by atoms with Crippen LogP contribution in [0.3, 0.4) is 0 Å². The first-order valence-corrected chi connectivity index (χ1v) is 9.64. The highest BCUT2D eigenvalue weighted by Crippen LogP contribution is 2.42. The van der Waals surface area contributed by atoms with E-state index >= 15 is 0 Å². The van der Waals surface area contributed by atoms with Crippen molar-refractivity contribution in [2.24, 2.45) is 0 Å². The Bertz CT molecular complexity index is 597. The number of ether oxygens (including phenoxy) is 1. The quantitative estimate of drug-likeness (QED) is 0.845. The molecule has 3 aliphatic heterocycles. The third kappa shape index (κ3) is 3.27. The van der Waals surface area contributed by atoms with Crippen LogP contribution in [-0.2, 0) is 9.63 Å². The molecule has 1 amide bonds. The second kappa shape index (κ2) is 7.34. The summed E-state index contributed by atoms with van der Waals surface area (Å²) in [5, 5.41) is 2.09. The molecule has 0 unspecified atom stereocenters. The highest BCUT2D eigenvalue weighted by molar-refractivity contribution is 5.82. The summed E-state index contributed by atoms with van der Waals surface area (Å²) in [5.74, 6) is 1.14. The third-order valence-electron chi connectivity index (χ3n) is 5.90. The number of rotatable bonds is 3. The van der Waals surface area contributed by atoms with Crippen LogP contribution >= 0.6 is 0 Å². The van der Waals surface area contributed by atoms with Gasteiger partial charge in [-0.3, -0.25) is 9.63 Å². The molecular weight excluding hydrogens is 316 g/mol. The van der Waals surface area contributed by atoms with E-state index in [4.69, 9.17) is 9.57 Å². The van der Waals surface area contributed by atoms with E-state index in [1.54, 1.807) is 7.11 Å². The number of hydroxylamine groups is 2. The Balaban J connectivity index is 1.61. The number of nitrogens with zero attached hydrogens (tertiary/aromatic N) is 2. The Morgan fingerprint density at radius 1 is 1.04 bits per heavy atom. The lowest BCUT2D eigenvalue weighted by molar-refractivity contribution is -0.186. The number of amides is 1. The smallest absolute Gasteiger partial charge is 0.254 e. The Hall–Kier alpha value is -1.59. The maximum atomic E-state index is 13.2. The fourth-order valence-electron chi connectivity index (χ4n) is 4.55. The van der Waals surface area contributed by atoms with Gasteiger partial charge < -0.3 is 9.64 Å². The van der Waals surface area contributed by atoms with E-state index < -0.39 is 0 Å². The number of likely N-dealkylation sites (tertiary alicyclic amines) is 1. The zero-order valence-corrected chi connectivity index (χ0v) is 15.0. The van der Waals surface area contributed by atoms with Gasteiger partial charge in [-0.15, -0.1) is 0 Å². The lowest BCUT2D eigenvalue weighted by Gasteiger charge is -2.31. The summed E-state index contributed by atoms with van der Waals surface area (Å²) in [4.78, 5) is 21.4. The molecule has 5 nitrogen and oxygen atoms in total. The SMILES string of the molecule is COc1ccc([C@H]2[C@H](C(=O)N3CCCCC3)ON3CCCC[C@@H]23)cc1. The van der Waals surface area contributed by atoms with Crippen molar-refractivity contribution in [3.63, 3.8) is 0 Å². The van der Waals surface area contributed by atoms with E-state index in [1.165, 1.54) is 18.4 Å². The minimum atomic E-state index is -0.380. The minimum Gasteiger partial charge on any atom is -0.497 e. The maximum Gasteiger partial charge on any atom is 0.254 e. The molecule has 0 N–H and O–H groups in total. The molecule has 0 saturated carbocycles. The molecule has 0 aliphatic carbocycles. The monoisotopic (exact) mass is 344 g/mol. The number of benzene rings is 1. The average molecular weight is 344 g/mol. The molecule has 0 aromatic heterocycles. The zero-order chi connectivity index (χ0) is 17.2. The van der Waals surface area contributed by atoms with Crippen molar-refractivity contribution >= 4 is 5.91 Å². The number of carbonyl (C=O) groups excluding carboxylic acids is 1. The van der Waals surface area contributed by atoms with Gasteiger partial charge in [0.15, 0.2) is 6.10 Å². The molecule has 1 aromatic carbocycles. The van der Waals surface area contributed by atoms with Crippen molar-refractivity contribution in [3.05, 3.63) is 29.8 Å². The lowest BCUT2D eigenvalue weighted by Crippen LogP contribution is -2.44. The van der Waals surface area contributed by atoms with Crippen LogP contribution in [0.1, 0.15) is 50.0 Å². The highest BCUT2D eigenvalue weighted by Gasteiger charge is 2.49. The molecule has 0 bridgehead atoms. The molecule has 5 heteroatoms. The van der Waals surface area contributed by atoms with Gasteiger partial charge in [-0.2, -0.15) is 5.06 Å². The molecule has 25 heavy (non-hydrogen) atoms. The van der Waals surface area contributed by atoms with Crippen molar-refractivity contribution in [3.8, 4) is 5.75 Å². The van der Waals surface area contributed by atoms with Crippen molar-refractivity contribution in [1.82, 2.24) is 9.96 Å². The van der Waals surface area contributed by atoms with Gasteiger partial charge in [0, 0.05) is 31.6 Å². The number of hydrogen-bond donors (Lipinski definition) is 0. The molecule has 3 saturated heterocycles. The van der Waals surface area contributed by atoms with Gasteiger partial charge in [0.05, 0.1) is 7.11 Å². The first-order valence-electron chi connectivity index (χ1n) is 9.64. The molecule has 3 heterocycles. The van der Waals surface area contributed by atoms with Gasteiger partial charge in [0.2, 0.25) is 0 Å². The molecule has 1 aromatic rings. The fourth-order valence-corrected chi connectivity index (χ4v) is 4.55. The van der Waals surface area contributed by atoms with Gasteiger partial charge in [-0.1, -0.05) is 18.6 Å². The van der Waals surface area contributed by atoms with Gasteiger partial charge in [-0.25, -0.2) is 0 Å². The van der Waals surface area contributed by atoms with Crippen LogP contribution in [0.15, 0.2) is 24.3 Å². The van der Waals surface area contributed by atoms with Crippen LogP contribution < -0.4 is 4.74 Å². The van der Waals surface area contributed by atoms with Crippen LogP contribution in [0.2, 0.25) is 0 Å². The predicted octanol–water partition coefficient (Wildman–Crippen LogP) is 2.96. The molecule has 0 spiro atoms. The molecule has 136 valence electrons. The lowest BCUT2D eigenvalue weighted by atomic mass is 9.83. The molecular formula is C20H28N2O3. The molecule has 4 rings (SSSR count). The van der Waals surface area contributed by atoms with E-state index in [0.717, 1.165) is 51.1 Å². The van der Waals surface area contributed by atoms with Gasteiger partial charge in [0.1, 0.15) is 5.75 Å². The van der Waals surface area contributed by atoms with Gasteiger partial charge >= 0.3 is 0 Å². The number of carbonyl (C=O) groups is 1. The normalized spacial score (nSPS) is 30.1. The number of piperidine rings is 2. The van der Waals surface area contributed by atoms with E-state index in [-0.39, 0.29) is 17.9 Å². The van der Waals surface area contributed by atoms with E-state index in [2.05, 4.69) is 17.2 Å². The highest BCUT2D eigenvalue weighted by atomic mass is 16.7. The summed E-state index contributed by atoms with van der Waals surface area (Å²) in [6, 6.07) is 8.48. The van der Waals surface area contributed by atoms with Crippen molar-refractivity contribution in [2.75, 3.05) is 26.7 Å². The zero-order valence-electron chi connectivity index (χ0n) is 15.0. The van der Waals surface area contributed by atoms with E-state index in [0.29, 0.717) is 6.04 Å². The van der Waals surface area contributed by atoms with Crippen LogP contribution in [0, 0.1) is 0 Å². The number of fused-ring (bicyclic) bond motifs is 1. The minimum absolute atomic E-state index is 0.112. The largest absolute Gasteiger partial charge is 0.497 e. The fraction of sp³-hybridized carbons (Fsp3) is 0.650. The Morgan fingerprint density at radius 3 is 2.48 bits per heavy atom. The first-order chi connectivity index (χ1) is 12.3. The summed E-state index contributed by atoms with van der Waals surface area (Å²) in [7, 11) is 1.68. The van der Waals surface area contributed by atoms with Crippen molar-refractivity contribution < 1.29 is 14.4 Å². The van der Waals surface area contributed by atoms with Crippen LogP contribution in [0.25, 0.3) is 0 Å². The Labute approximate surface area is 149 Å². The molecule has 3 fully saturated rings. The van der Waals surface area contributed by atoms with Crippen LogP contribution in [0.5, 0.6) is 5.75 Å². The summed E-state index contributed by atoms with van der Waals surface area (Å²) in [6.07, 6.45) is 6.53. The first kappa shape index (κ1) is 16.9. The summed E-state index contributed by atoms with van der Waals surface area (Å²) in [5.41, 5.74) is 1.19. The van der Waals surface area contributed by atoms with Gasteiger partial charge in [-0.05, 0) is 49.8 Å². The molecule has 0 radical (unpaired) electrons. The van der Waals surface area contributed by atoms with E-state index in [1.807, 2.05) is 17.0 Å².